The van der Waals surface area contributed by atoms with E-state index in [1.165, 1.54) is 79.2 Å². The summed E-state index contributed by atoms with van der Waals surface area (Å²) in [6.07, 6.45) is 8.47. The van der Waals surface area contributed by atoms with E-state index in [9.17, 15) is 14.4 Å². The molecule has 686 valence electrons. The Morgan fingerprint density at radius 1 is 0.333 bits per heavy atom. The second-order valence-corrected chi connectivity index (χ2v) is 34.4. The van der Waals surface area contributed by atoms with Gasteiger partial charge in [0.1, 0.15) is 69.1 Å². The van der Waals surface area contributed by atoms with Gasteiger partial charge in [-0.2, -0.15) is 0 Å². The van der Waals surface area contributed by atoms with E-state index in [0.717, 1.165) is 117 Å². The zero-order chi connectivity index (χ0) is 91.0. The lowest BCUT2D eigenvalue weighted by Gasteiger charge is -2.36. The number of esters is 3. The average molecular weight is 1810 g/mol. The Morgan fingerprint density at radius 2 is 0.629 bits per heavy atom. The van der Waals surface area contributed by atoms with Crippen molar-refractivity contribution < 1.29 is 81.3 Å². The summed E-state index contributed by atoms with van der Waals surface area (Å²) < 4.78 is 75.2. The first kappa shape index (κ1) is 97.4. The van der Waals surface area contributed by atoms with E-state index in [0.29, 0.717) is 88.9 Å². The van der Waals surface area contributed by atoms with Gasteiger partial charge in [-0.1, -0.05) is 248 Å². The number of cyclic esters (lactones) is 2. The predicted octanol–water partition coefficient (Wildman–Crippen LogP) is 21.5. The number of ether oxygens (including phenoxy) is 13. The number of hydrogen-bond donors (Lipinski definition) is 1. The highest BCUT2D eigenvalue weighted by atomic mass is 32.2. The minimum absolute atomic E-state index is 0.0475. The molecule has 0 amide bonds. The number of hydrogen-bond acceptors (Lipinski definition) is 18. The first-order valence-electron chi connectivity index (χ1n) is 46.1. The second kappa shape index (κ2) is 54.6. The number of nitrogens with two attached hydrogens (primary N) is 1. The third-order valence-corrected chi connectivity index (χ3v) is 25.2. The summed E-state index contributed by atoms with van der Waals surface area (Å²) in [4.78, 5) is 37.3. The fourth-order valence-corrected chi connectivity index (χ4v) is 18.0. The maximum Gasteiger partial charge on any atom is 0.338 e. The lowest BCUT2D eigenvalue weighted by atomic mass is 9.65. The summed E-state index contributed by atoms with van der Waals surface area (Å²) >= 11 is 2.63. The fourth-order valence-electron chi connectivity index (χ4n) is 16.0. The standard InChI is InChI=1S/C76H75NO4.C37H46O12S2/c1(3-25-57-80-73-51-43-69(44-52-73)75(63-27-11-5-12-28-63,64-29-13-6-14-30-64)65-31-15-7-16-32-65)23-55-78-71-47-39-61(40-48-71)59-77-60-62-41-49-72(50-42-62)79-56-24-2-4-26-58-81-74-53-45-70(46-54-74)76(66-33-17-8-18-34-66,67-35-19-9-20-36-67)68-37-21-10-22-38-68;1-28-6-8-29(9-7-28)37(40)49-24-32-25-50-26-35(38)47-20-16-43-12-10-41-14-18-45-33-22-30-4-2-3-5-31(30)23-34(33)46-19-15-42-11-13-44-17-21-48-36(39)27-51-32/h5-22,27-54,77H,1-4,23-26,55-60H2;2-9,22-23,32H,10-21,24-27H2,1H3/p+1. The maximum absolute atomic E-state index is 12.6. The van der Waals surface area contributed by atoms with Crippen LogP contribution >= 0.6 is 23.5 Å². The Bertz CT molecular complexity index is 5040. The molecule has 13 aromatic carbocycles. The van der Waals surface area contributed by atoms with Gasteiger partial charge in [0.25, 0.3) is 0 Å². The van der Waals surface area contributed by atoms with Crippen LogP contribution in [0.15, 0.2) is 340 Å². The van der Waals surface area contributed by atoms with Crippen LogP contribution in [0.1, 0.15) is 123 Å². The highest BCUT2D eigenvalue weighted by Gasteiger charge is 2.40. The largest absolute Gasteiger partial charge is 0.494 e. The topological polar surface area (TPSA) is 188 Å². The van der Waals surface area contributed by atoms with Crippen LogP contribution in [0, 0.1) is 6.92 Å². The zero-order valence-electron chi connectivity index (χ0n) is 75.5. The average Bonchev–Trinajstić information content (AvgIpc) is 0.739. The molecule has 132 heavy (non-hydrogen) atoms. The van der Waals surface area contributed by atoms with Crippen LogP contribution in [0.4, 0.5) is 0 Å². The number of benzene rings is 13. The van der Waals surface area contributed by atoms with Gasteiger partial charge in [0.05, 0.1) is 107 Å². The van der Waals surface area contributed by atoms with Crippen LogP contribution in [0.3, 0.4) is 0 Å². The molecule has 2 N–H and O–H groups in total. The van der Waals surface area contributed by atoms with Gasteiger partial charge in [0, 0.05) is 22.1 Å². The van der Waals surface area contributed by atoms with Crippen LogP contribution in [0.2, 0.25) is 0 Å². The highest BCUT2D eigenvalue weighted by molar-refractivity contribution is 8.04. The summed E-state index contributed by atoms with van der Waals surface area (Å²) in [5.41, 5.74) is 13.0. The van der Waals surface area contributed by atoms with Crippen LogP contribution in [-0.4, -0.2) is 153 Å². The van der Waals surface area contributed by atoms with E-state index < -0.39 is 22.8 Å². The minimum Gasteiger partial charge on any atom is -0.494 e. The number of carbonyl (C=O) groups is 3. The molecule has 1 unspecified atom stereocenters. The van der Waals surface area contributed by atoms with E-state index >= 15 is 0 Å². The Labute approximate surface area is 786 Å². The number of rotatable bonds is 33. The van der Waals surface area contributed by atoms with Crippen molar-refractivity contribution in [3.05, 3.63) is 406 Å². The Kier molecular flexibility index (Phi) is 40.3. The number of unbranched alkanes of at least 4 members (excludes halogenated alkanes) is 6. The monoisotopic (exact) mass is 1810 g/mol. The van der Waals surface area contributed by atoms with Gasteiger partial charge in [-0.3, -0.25) is 9.59 Å². The van der Waals surface area contributed by atoms with Gasteiger partial charge in [0.15, 0.2) is 11.5 Å². The molecule has 13 aromatic rings. The van der Waals surface area contributed by atoms with E-state index in [1.807, 2.05) is 55.5 Å². The third-order valence-electron chi connectivity index (χ3n) is 22.7. The molecule has 0 bridgehead atoms. The Hall–Kier alpha value is -12.2. The van der Waals surface area contributed by atoms with Crippen LogP contribution in [-0.2, 0) is 66.7 Å². The summed E-state index contributed by atoms with van der Waals surface area (Å²) in [7, 11) is 0. The van der Waals surface area contributed by atoms with Gasteiger partial charge >= 0.3 is 17.9 Å². The van der Waals surface area contributed by atoms with Crippen LogP contribution in [0.5, 0.6) is 34.5 Å². The van der Waals surface area contributed by atoms with Crippen molar-refractivity contribution in [3.8, 4) is 34.5 Å². The molecular formula is C113H122NO16S2+. The molecule has 17 nitrogen and oxygen atoms in total. The van der Waals surface area contributed by atoms with Crippen molar-refractivity contribution in [2.75, 3.05) is 130 Å². The van der Waals surface area contributed by atoms with Crippen molar-refractivity contribution in [1.82, 2.24) is 0 Å². The predicted molar refractivity (Wildman–Crippen MR) is 526 cm³/mol. The first-order valence-corrected chi connectivity index (χ1v) is 48.3. The smallest absolute Gasteiger partial charge is 0.338 e. The molecule has 0 radical (unpaired) electrons. The summed E-state index contributed by atoms with van der Waals surface area (Å²) in [6.45, 7) is 10.0. The Morgan fingerprint density at radius 3 is 0.970 bits per heavy atom. The number of thioether (sulfide) groups is 2. The molecule has 0 fully saturated rings. The van der Waals surface area contributed by atoms with E-state index in [2.05, 4.69) is 284 Å². The summed E-state index contributed by atoms with van der Waals surface area (Å²) in [5, 5.41) is 4.14. The molecule has 0 aromatic heterocycles. The van der Waals surface area contributed by atoms with Crippen molar-refractivity contribution in [2.24, 2.45) is 0 Å². The number of aryl methyl sites for hydroxylation is 1. The van der Waals surface area contributed by atoms with Crippen molar-refractivity contribution in [1.29, 1.82) is 0 Å². The molecule has 19 heteroatoms. The van der Waals surface area contributed by atoms with E-state index in [-0.39, 0.29) is 55.8 Å². The van der Waals surface area contributed by atoms with Gasteiger partial charge in [0.2, 0.25) is 0 Å². The molecular weight excluding hydrogens is 1690 g/mol. The van der Waals surface area contributed by atoms with Gasteiger partial charge in [-0.25, -0.2) is 4.79 Å². The van der Waals surface area contributed by atoms with Crippen LogP contribution < -0.4 is 33.7 Å². The molecule has 0 aliphatic carbocycles. The first-order chi connectivity index (χ1) is 65.2. The number of quaternary nitrogens is 1. The zero-order valence-corrected chi connectivity index (χ0v) is 77.2. The molecule has 0 saturated carbocycles. The van der Waals surface area contributed by atoms with Crippen LogP contribution in [0.25, 0.3) is 10.8 Å². The second-order valence-electron chi connectivity index (χ2n) is 32.1. The quantitative estimate of drug-likeness (QED) is 0.0177. The lowest BCUT2D eigenvalue weighted by molar-refractivity contribution is -0.686. The molecule has 14 rings (SSSR count). The van der Waals surface area contributed by atoms with Crippen molar-refractivity contribution in [2.45, 2.75) is 87.5 Å². The maximum atomic E-state index is 12.6. The molecule has 1 heterocycles. The molecule has 1 aliphatic rings. The fraction of sp³-hybridized carbons (Fsp3) is 0.301. The molecule has 1 atom stereocenters. The van der Waals surface area contributed by atoms with Crippen molar-refractivity contribution in [3.63, 3.8) is 0 Å². The van der Waals surface area contributed by atoms with E-state index in [1.54, 1.807) is 12.1 Å². The molecule has 0 spiro atoms. The lowest BCUT2D eigenvalue weighted by Crippen LogP contribution is -2.80. The molecule has 0 saturated heterocycles. The SMILES string of the molecule is Cc1ccc(C(=O)OCC2CSCC(=O)OCCOCCOCCOc3cc4ccccc4cc3OCCOCCOCCOC(=O)CS2)cc1.c1ccc(C(c2ccccc2)(c2ccccc2)c2ccc(OCCCCCCOc3ccc(C[NH2+]Cc4ccc(OCCCCCCOc5ccc(C(c6ccccc6)(c6ccccc6)c6ccccc6)cc5)cc4)cc3)cc2)cc1. The molecule has 1 aliphatic heterocycles. The van der Waals surface area contributed by atoms with E-state index in [4.69, 9.17) is 61.6 Å². The number of fused-ring (bicyclic) bond motifs is 2. The van der Waals surface area contributed by atoms with Gasteiger partial charge < -0.3 is 66.9 Å². The number of carbonyl (C=O) groups excluding carboxylic acids is 3. The third kappa shape index (κ3) is 30.2. The van der Waals surface area contributed by atoms with Gasteiger partial charge in [-0.15, -0.1) is 23.5 Å². The highest BCUT2D eigenvalue weighted by Crippen LogP contribution is 2.47. The summed E-state index contributed by atoms with van der Waals surface area (Å²) in [5.74, 6) is 4.21. The minimum atomic E-state index is -0.456. The summed E-state index contributed by atoms with van der Waals surface area (Å²) in [6, 6.07) is 118. The Balaban J connectivity index is 0.000000250. The normalized spacial score (nSPS) is 14.5. The van der Waals surface area contributed by atoms with Crippen molar-refractivity contribution >= 4 is 52.2 Å². The van der Waals surface area contributed by atoms with Gasteiger partial charge in [-0.05, 0) is 211 Å².